The maximum Gasteiger partial charge on any atom is 0.272 e. The summed E-state index contributed by atoms with van der Waals surface area (Å²) in [5.41, 5.74) is 2.49. The van der Waals surface area contributed by atoms with E-state index in [2.05, 4.69) is 24.1 Å². The van der Waals surface area contributed by atoms with E-state index in [0.29, 0.717) is 18.3 Å². The molecule has 1 heterocycles. The first kappa shape index (κ1) is 15.0. The molecule has 2 aromatic rings. The Morgan fingerprint density at radius 2 is 1.90 bits per heavy atom. The van der Waals surface area contributed by atoms with Gasteiger partial charge < -0.3 is 10.2 Å². The smallest absolute Gasteiger partial charge is 0.272 e. The standard InChI is InChI=1S/C17H21N3O/c1-13(2)19-15-9-10-16(18-11-15)17(21)20(3)12-14-7-5-4-6-8-14/h4-11,13,19H,12H2,1-3H3. The summed E-state index contributed by atoms with van der Waals surface area (Å²) < 4.78 is 0. The third-order valence-electron chi connectivity index (χ3n) is 3.05. The largest absolute Gasteiger partial charge is 0.382 e. The molecule has 0 saturated carbocycles. The summed E-state index contributed by atoms with van der Waals surface area (Å²) in [5, 5.41) is 3.25. The van der Waals surface area contributed by atoms with Gasteiger partial charge in [0.1, 0.15) is 5.69 Å². The average Bonchev–Trinajstić information content (AvgIpc) is 2.47. The Hall–Kier alpha value is -2.36. The Morgan fingerprint density at radius 3 is 2.48 bits per heavy atom. The fourth-order valence-corrected chi connectivity index (χ4v) is 2.06. The van der Waals surface area contributed by atoms with Gasteiger partial charge in [-0.15, -0.1) is 0 Å². The second-order valence-corrected chi connectivity index (χ2v) is 5.38. The van der Waals surface area contributed by atoms with E-state index in [9.17, 15) is 4.79 Å². The average molecular weight is 283 g/mol. The van der Waals surface area contributed by atoms with Gasteiger partial charge in [0.05, 0.1) is 11.9 Å². The van der Waals surface area contributed by atoms with Crippen LogP contribution in [0.3, 0.4) is 0 Å². The van der Waals surface area contributed by atoms with Gasteiger partial charge in [-0.1, -0.05) is 30.3 Å². The number of aromatic nitrogens is 1. The van der Waals surface area contributed by atoms with E-state index in [0.717, 1.165) is 11.3 Å². The predicted molar refractivity (Wildman–Crippen MR) is 85.2 cm³/mol. The lowest BCUT2D eigenvalue weighted by Crippen LogP contribution is -2.27. The summed E-state index contributed by atoms with van der Waals surface area (Å²) >= 11 is 0. The summed E-state index contributed by atoms with van der Waals surface area (Å²) in [7, 11) is 1.79. The Morgan fingerprint density at radius 1 is 1.19 bits per heavy atom. The van der Waals surface area contributed by atoms with Crippen molar-refractivity contribution in [2.75, 3.05) is 12.4 Å². The molecule has 0 atom stereocenters. The van der Waals surface area contributed by atoms with Gasteiger partial charge in [0.25, 0.3) is 5.91 Å². The van der Waals surface area contributed by atoms with Gasteiger partial charge in [0, 0.05) is 19.6 Å². The van der Waals surface area contributed by atoms with Gasteiger partial charge in [-0.2, -0.15) is 0 Å². The summed E-state index contributed by atoms with van der Waals surface area (Å²) in [6, 6.07) is 13.9. The summed E-state index contributed by atoms with van der Waals surface area (Å²) in [6.45, 7) is 4.70. The molecular formula is C17H21N3O. The first-order valence-corrected chi connectivity index (χ1v) is 7.08. The highest BCUT2D eigenvalue weighted by molar-refractivity contribution is 5.92. The molecule has 0 fully saturated rings. The van der Waals surface area contributed by atoms with Crippen LogP contribution in [0.25, 0.3) is 0 Å². The van der Waals surface area contributed by atoms with Gasteiger partial charge in [-0.3, -0.25) is 4.79 Å². The first-order valence-electron chi connectivity index (χ1n) is 7.08. The van der Waals surface area contributed by atoms with Crippen molar-refractivity contribution in [3.63, 3.8) is 0 Å². The van der Waals surface area contributed by atoms with Crippen LogP contribution in [0.1, 0.15) is 29.9 Å². The van der Waals surface area contributed by atoms with Crippen molar-refractivity contribution in [3.05, 3.63) is 59.9 Å². The minimum Gasteiger partial charge on any atom is -0.382 e. The number of anilines is 1. The molecule has 0 saturated heterocycles. The molecule has 0 aliphatic carbocycles. The zero-order valence-corrected chi connectivity index (χ0v) is 12.7. The predicted octanol–water partition coefficient (Wildman–Crippen LogP) is 3.17. The second kappa shape index (κ2) is 6.88. The molecule has 0 bridgehead atoms. The second-order valence-electron chi connectivity index (χ2n) is 5.38. The molecule has 2 rings (SSSR count). The van der Waals surface area contributed by atoms with Crippen LogP contribution in [0.2, 0.25) is 0 Å². The van der Waals surface area contributed by atoms with Crippen LogP contribution < -0.4 is 5.32 Å². The number of pyridine rings is 1. The number of carbonyl (C=O) groups is 1. The molecule has 1 N–H and O–H groups in total. The van der Waals surface area contributed by atoms with Crippen LogP contribution in [0.15, 0.2) is 48.7 Å². The fourth-order valence-electron chi connectivity index (χ4n) is 2.06. The van der Waals surface area contributed by atoms with Crippen LogP contribution in [-0.2, 0) is 6.54 Å². The summed E-state index contributed by atoms with van der Waals surface area (Å²) in [6.07, 6.45) is 1.70. The van der Waals surface area contributed by atoms with Crippen LogP contribution in [0, 0.1) is 0 Å². The Labute approximate surface area is 125 Å². The van der Waals surface area contributed by atoms with E-state index in [1.54, 1.807) is 24.2 Å². The molecule has 110 valence electrons. The minimum absolute atomic E-state index is 0.0741. The molecule has 0 radical (unpaired) electrons. The number of hydrogen-bond acceptors (Lipinski definition) is 3. The highest BCUT2D eigenvalue weighted by Crippen LogP contribution is 2.10. The molecule has 4 nitrogen and oxygen atoms in total. The van der Waals surface area contributed by atoms with Gasteiger partial charge in [0.15, 0.2) is 0 Å². The zero-order valence-electron chi connectivity index (χ0n) is 12.7. The summed E-state index contributed by atoms with van der Waals surface area (Å²) in [4.78, 5) is 18.2. The van der Waals surface area contributed by atoms with Gasteiger partial charge in [0.2, 0.25) is 0 Å². The van der Waals surface area contributed by atoms with E-state index in [1.165, 1.54) is 0 Å². The van der Waals surface area contributed by atoms with Crippen molar-refractivity contribution in [3.8, 4) is 0 Å². The third kappa shape index (κ3) is 4.31. The third-order valence-corrected chi connectivity index (χ3v) is 3.05. The number of benzene rings is 1. The minimum atomic E-state index is -0.0741. The van der Waals surface area contributed by atoms with Crippen LogP contribution >= 0.6 is 0 Å². The maximum absolute atomic E-state index is 12.3. The highest BCUT2D eigenvalue weighted by Gasteiger charge is 2.13. The van der Waals surface area contributed by atoms with Crippen molar-refractivity contribution in [2.45, 2.75) is 26.4 Å². The highest BCUT2D eigenvalue weighted by atomic mass is 16.2. The molecule has 1 amide bonds. The van der Waals surface area contributed by atoms with Gasteiger partial charge in [-0.25, -0.2) is 4.98 Å². The number of hydrogen-bond donors (Lipinski definition) is 1. The molecule has 0 unspecified atom stereocenters. The van der Waals surface area contributed by atoms with Gasteiger partial charge in [-0.05, 0) is 31.5 Å². The molecular weight excluding hydrogens is 262 g/mol. The van der Waals surface area contributed by atoms with E-state index in [-0.39, 0.29) is 5.91 Å². The first-order chi connectivity index (χ1) is 10.1. The quantitative estimate of drug-likeness (QED) is 0.916. The number of nitrogens with one attached hydrogen (secondary N) is 1. The Kier molecular flexibility index (Phi) is 4.93. The van der Waals surface area contributed by atoms with Crippen LogP contribution in [-0.4, -0.2) is 28.9 Å². The molecule has 0 spiro atoms. The number of nitrogens with zero attached hydrogens (tertiary/aromatic N) is 2. The van der Waals surface area contributed by atoms with Crippen molar-refractivity contribution in [1.82, 2.24) is 9.88 Å². The monoisotopic (exact) mass is 283 g/mol. The molecule has 21 heavy (non-hydrogen) atoms. The van der Waals surface area contributed by atoms with Crippen molar-refractivity contribution >= 4 is 11.6 Å². The zero-order chi connectivity index (χ0) is 15.2. The number of rotatable bonds is 5. The van der Waals surface area contributed by atoms with E-state index >= 15 is 0 Å². The number of amides is 1. The number of carbonyl (C=O) groups excluding carboxylic acids is 1. The van der Waals surface area contributed by atoms with Crippen LogP contribution in [0.5, 0.6) is 0 Å². The Bertz CT molecular complexity index is 579. The van der Waals surface area contributed by atoms with E-state index in [1.807, 2.05) is 36.4 Å². The summed E-state index contributed by atoms with van der Waals surface area (Å²) in [5.74, 6) is -0.0741. The fraction of sp³-hybridized carbons (Fsp3) is 0.294. The van der Waals surface area contributed by atoms with Crippen molar-refractivity contribution in [1.29, 1.82) is 0 Å². The molecule has 1 aromatic heterocycles. The lowest BCUT2D eigenvalue weighted by atomic mass is 10.2. The van der Waals surface area contributed by atoms with E-state index in [4.69, 9.17) is 0 Å². The van der Waals surface area contributed by atoms with Gasteiger partial charge >= 0.3 is 0 Å². The normalized spacial score (nSPS) is 10.5. The maximum atomic E-state index is 12.3. The lowest BCUT2D eigenvalue weighted by Gasteiger charge is -2.17. The topological polar surface area (TPSA) is 45.2 Å². The SMILES string of the molecule is CC(C)Nc1ccc(C(=O)N(C)Cc2ccccc2)nc1. The molecule has 1 aromatic carbocycles. The lowest BCUT2D eigenvalue weighted by molar-refractivity contribution is 0.0779. The molecule has 4 heteroatoms. The molecule has 0 aliphatic heterocycles. The van der Waals surface area contributed by atoms with E-state index < -0.39 is 0 Å². The van der Waals surface area contributed by atoms with Crippen LogP contribution in [0.4, 0.5) is 5.69 Å². The van der Waals surface area contributed by atoms with Crippen molar-refractivity contribution < 1.29 is 4.79 Å². The molecule has 0 aliphatic rings. The van der Waals surface area contributed by atoms with Crippen molar-refractivity contribution in [2.24, 2.45) is 0 Å². The Balaban J connectivity index is 2.02.